The summed E-state index contributed by atoms with van der Waals surface area (Å²) in [6.07, 6.45) is 2.35. The highest BCUT2D eigenvalue weighted by Gasteiger charge is 2.29. The molecule has 0 unspecified atom stereocenters. The van der Waals surface area contributed by atoms with Crippen LogP contribution in [-0.4, -0.2) is 38.0 Å². The van der Waals surface area contributed by atoms with E-state index in [-0.39, 0.29) is 17.2 Å². The summed E-state index contributed by atoms with van der Waals surface area (Å²) in [5.41, 5.74) is 1.89. The lowest BCUT2D eigenvalue weighted by Crippen LogP contribution is -2.41. The maximum atomic E-state index is 12.5. The van der Waals surface area contributed by atoms with Crippen molar-refractivity contribution in [1.82, 2.24) is 4.31 Å². The van der Waals surface area contributed by atoms with Crippen molar-refractivity contribution >= 4 is 21.6 Å². The van der Waals surface area contributed by atoms with E-state index in [1.807, 2.05) is 24.3 Å². The lowest BCUT2D eigenvalue weighted by Gasteiger charge is -2.30. The second-order valence-electron chi connectivity index (χ2n) is 7.22. The molecule has 0 saturated carbocycles. The number of hydrogen-bond donors (Lipinski definition) is 1. The van der Waals surface area contributed by atoms with Gasteiger partial charge in [0.15, 0.2) is 0 Å². The molecule has 2 rings (SSSR count). The summed E-state index contributed by atoms with van der Waals surface area (Å²) in [6, 6.07) is 7.84. The van der Waals surface area contributed by atoms with Crippen LogP contribution in [0.3, 0.4) is 0 Å². The number of amides is 1. The van der Waals surface area contributed by atoms with Crippen molar-refractivity contribution < 1.29 is 13.2 Å². The fourth-order valence-electron chi connectivity index (χ4n) is 2.93. The topological polar surface area (TPSA) is 66.5 Å². The van der Waals surface area contributed by atoms with E-state index in [0.717, 1.165) is 11.3 Å². The number of sulfonamides is 1. The summed E-state index contributed by atoms with van der Waals surface area (Å²) in [7, 11) is -3.16. The number of para-hydroxylation sites is 1. The second kappa shape index (κ2) is 6.61. The molecule has 0 atom stereocenters. The van der Waals surface area contributed by atoms with Crippen LogP contribution in [0.2, 0.25) is 0 Å². The van der Waals surface area contributed by atoms with Gasteiger partial charge in [0.2, 0.25) is 15.9 Å². The highest BCUT2D eigenvalue weighted by Crippen LogP contribution is 2.30. The zero-order valence-electron chi connectivity index (χ0n) is 14.3. The van der Waals surface area contributed by atoms with Crippen molar-refractivity contribution in [1.29, 1.82) is 0 Å². The fourth-order valence-corrected chi connectivity index (χ4v) is 3.80. The van der Waals surface area contributed by atoms with Gasteiger partial charge in [-0.3, -0.25) is 4.79 Å². The fraction of sp³-hybridized carbons (Fsp3) is 0.588. The third-order valence-corrected chi connectivity index (χ3v) is 5.59. The molecule has 0 aromatic heterocycles. The maximum absolute atomic E-state index is 12.5. The summed E-state index contributed by atoms with van der Waals surface area (Å²) in [5, 5.41) is 3.03. The van der Waals surface area contributed by atoms with Crippen LogP contribution >= 0.6 is 0 Å². The van der Waals surface area contributed by atoms with Crippen molar-refractivity contribution in [3.05, 3.63) is 29.8 Å². The van der Waals surface area contributed by atoms with E-state index in [4.69, 9.17) is 0 Å². The van der Waals surface area contributed by atoms with E-state index < -0.39 is 10.0 Å². The molecule has 23 heavy (non-hydrogen) atoms. The van der Waals surface area contributed by atoms with E-state index in [0.29, 0.717) is 25.9 Å². The van der Waals surface area contributed by atoms with E-state index in [1.54, 1.807) is 0 Å². The number of rotatable bonds is 3. The van der Waals surface area contributed by atoms with Crippen LogP contribution in [-0.2, 0) is 20.2 Å². The van der Waals surface area contributed by atoms with Crippen LogP contribution in [0, 0.1) is 5.92 Å². The van der Waals surface area contributed by atoms with Gasteiger partial charge >= 0.3 is 0 Å². The van der Waals surface area contributed by atoms with Crippen LogP contribution in [0.4, 0.5) is 5.69 Å². The van der Waals surface area contributed by atoms with Gasteiger partial charge in [0.1, 0.15) is 0 Å². The van der Waals surface area contributed by atoms with Crippen molar-refractivity contribution in [3.63, 3.8) is 0 Å². The Hall–Kier alpha value is -1.40. The average Bonchev–Trinajstić information content (AvgIpc) is 2.46. The van der Waals surface area contributed by atoms with Gasteiger partial charge in [-0.2, -0.15) is 0 Å². The Morgan fingerprint density at radius 1 is 1.17 bits per heavy atom. The van der Waals surface area contributed by atoms with Crippen LogP contribution in [0.15, 0.2) is 24.3 Å². The molecule has 1 aromatic rings. The van der Waals surface area contributed by atoms with Gasteiger partial charge in [0.05, 0.1) is 6.26 Å². The number of nitrogens with one attached hydrogen (secondary N) is 1. The van der Waals surface area contributed by atoms with Gasteiger partial charge in [-0.25, -0.2) is 12.7 Å². The zero-order valence-corrected chi connectivity index (χ0v) is 15.1. The summed E-state index contributed by atoms with van der Waals surface area (Å²) < 4.78 is 24.5. The monoisotopic (exact) mass is 338 g/mol. The van der Waals surface area contributed by atoms with E-state index in [2.05, 4.69) is 26.1 Å². The van der Waals surface area contributed by atoms with Crippen LogP contribution in [0.5, 0.6) is 0 Å². The Morgan fingerprint density at radius 3 is 2.26 bits per heavy atom. The van der Waals surface area contributed by atoms with E-state index in [1.165, 1.54) is 10.6 Å². The SMILES string of the molecule is CC(C)(C)c1ccccc1NC(=O)C1CCN(S(C)(=O)=O)CC1. The molecule has 0 aliphatic carbocycles. The number of nitrogens with zero attached hydrogens (tertiary/aromatic N) is 1. The summed E-state index contributed by atoms with van der Waals surface area (Å²) in [4.78, 5) is 12.5. The molecule has 0 bridgehead atoms. The quantitative estimate of drug-likeness (QED) is 0.921. The molecule has 1 aromatic carbocycles. The second-order valence-corrected chi connectivity index (χ2v) is 9.20. The minimum Gasteiger partial charge on any atom is -0.326 e. The predicted octanol–water partition coefficient (Wildman–Crippen LogP) is 2.59. The number of carbonyl (C=O) groups excluding carboxylic acids is 1. The third-order valence-electron chi connectivity index (χ3n) is 4.29. The molecule has 1 N–H and O–H groups in total. The van der Waals surface area contributed by atoms with Crippen LogP contribution in [0.25, 0.3) is 0 Å². The molecule has 6 heteroatoms. The molecule has 1 heterocycles. The van der Waals surface area contributed by atoms with Gasteiger partial charge in [-0.05, 0) is 29.9 Å². The lowest BCUT2D eigenvalue weighted by molar-refractivity contribution is -0.120. The maximum Gasteiger partial charge on any atom is 0.227 e. The average molecular weight is 338 g/mol. The number of benzene rings is 1. The molecule has 0 spiro atoms. The van der Waals surface area contributed by atoms with Crippen molar-refractivity contribution in [2.45, 2.75) is 39.0 Å². The number of anilines is 1. The normalized spacial score (nSPS) is 17.9. The summed E-state index contributed by atoms with van der Waals surface area (Å²) in [5.74, 6) is -0.157. The third kappa shape index (κ3) is 4.54. The Bertz CT molecular complexity index is 669. The Morgan fingerprint density at radius 2 is 1.74 bits per heavy atom. The molecular weight excluding hydrogens is 312 g/mol. The molecule has 5 nitrogen and oxygen atoms in total. The van der Waals surface area contributed by atoms with Crippen LogP contribution in [0.1, 0.15) is 39.2 Å². The standard InChI is InChI=1S/C17H26N2O3S/c1-17(2,3)14-7-5-6-8-15(14)18-16(20)13-9-11-19(12-10-13)23(4,21)22/h5-8,13H,9-12H2,1-4H3,(H,18,20). The molecule has 0 radical (unpaired) electrons. The Kier molecular flexibility index (Phi) is 5.16. The highest BCUT2D eigenvalue weighted by atomic mass is 32.2. The molecule has 1 aliphatic heterocycles. The molecule has 1 aliphatic rings. The molecular formula is C17H26N2O3S. The van der Waals surface area contributed by atoms with Gasteiger partial charge in [-0.1, -0.05) is 39.0 Å². The summed E-state index contributed by atoms with van der Waals surface area (Å²) >= 11 is 0. The van der Waals surface area contributed by atoms with Gasteiger partial charge in [0, 0.05) is 24.7 Å². The Balaban J connectivity index is 2.05. The van der Waals surface area contributed by atoms with Crippen molar-refractivity contribution in [3.8, 4) is 0 Å². The van der Waals surface area contributed by atoms with E-state index in [9.17, 15) is 13.2 Å². The van der Waals surface area contributed by atoms with E-state index >= 15 is 0 Å². The largest absolute Gasteiger partial charge is 0.326 e. The smallest absolute Gasteiger partial charge is 0.227 e. The van der Waals surface area contributed by atoms with Crippen molar-refractivity contribution in [2.75, 3.05) is 24.7 Å². The van der Waals surface area contributed by atoms with Crippen LogP contribution < -0.4 is 5.32 Å². The first kappa shape index (κ1) is 17.9. The van der Waals surface area contributed by atoms with Crippen molar-refractivity contribution in [2.24, 2.45) is 5.92 Å². The molecule has 1 saturated heterocycles. The minimum absolute atomic E-state index is 0.0187. The number of piperidine rings is 1. The lowest BCUT2D eigenvalue weighted by atomic mass is 9.85. The van der Waals surface area contributed by atoms with Gasteiger partial charge in [0.25, 0.3) is 0 Å². The number of hydrogen-bond acceptors (Lipinski definition) is 3. The van der Waals surface area contributed by atoms with Gasteiger partial charge < -0.3 is 5.32 Å². The predicted molar refractivity (Wildman–Crippen MR) is 92.9 cm³/mol. The first-order valence-electron chi connectivity index (χ1n) is 7.94. The number of carbonyl (C=O) groups is 1. The van der Waals surface area contributed by atoms with Gasteiger partial charge in [-0.15, -0.1) is 0 Å². The first-order valence-corrected chi connectivity index (χ1v) is 9.79. The summed E-state index contributed by atoms with van der Waals surface area (Å²) in [6.45, 7) is 7.17. The molecule has 1 fully saturated rings. The first-order chi connectivity index (χ1) is 10.6. The molecule has 1 amide bonds. The highest BCUT2D eigenvalue weighted by molar-refractivity contribution is 7.88. The molecule has 128 valence electrons. The zero-order chi connectivity index (χ0) is 17.3. The Labute approximate surface area is 139 Å². The minimum atomic E-state index is -3.16.